The highest BCUT2D eigenvalue weighted by Gasteiger charge is 2.04. The maximum Gasteiger partial charge on any atom is 0.228 e. The van der Waals surface area contributed by atoms with Crippen molar-refractivity contribution in [2.45, 2.75) is 19.9 Å². The Bertz CT molecular complexity index is 795. The first-order valence-electron chi connectivity index (χ1n) is 7.91. The third kappa shape index (κ3) is 4.70. The average Bonchev–Trinajstić information content (AvgIpc) is 3.07. The first-order valence-corrected chi connectivity index (χ1v) is 8.79. The van der Waals surface area contributed by atoms with Crippen LogP contribution in [0.1, 0.15) is 16.0 Å². The lowest BCUT2D eigenvalue weighted by atomic mass is 10.1. The minimum atomic E-state index is -0.0000975. The zero-order valence-electron chi connectivity index (χ0n) is 13.6. The first kappa shape index (κ1) is 16.3. The van der Waals surface area contributed by atoms with Crippen LogP contribution in [0.3, 0.4) is 0 Å². The van der Waals surface area contributed by atoms with E-state index in [0.29, 0.717) is 6.42 Å². The lowest BCUT2D eigenvalue weighted by Gasteiger charge is -2.08. The van der Waals surface area contributed by atoms with Crippen LogP contribution in [0, 0.1) is 6.92 Å². The molecule has 0 aliphatic carbocycles. The number of hydrogen-bond acceptors (Lipinski definition) is 3. The maximum atomic E-state index is 12.1. The minimum Gasteiger partial charge on any atom is -0.380 e. The van der Waals surface area contributed by atoms with Gasteiger partial charge >= 0.3 is 0 Å². The van der Waals surface area contributed by atoms with Crippen molar-refractivity contribution < 1.29 is 4.79 Å². The van der Waals surface area contributed by atoms with E-state index in [-0.39, 0.29) is 5.91 Å². The summed E-state index contributed by atoms with van der Waals surface area (Å²) in [6.45, 7) is 2.84. The van der Waals surface area contributed by atoms with Crippen LogP contribution in [0.15, 0.2) is 66.0 Å². The molecular weight excluding hydrogens is 316 g/mol. The molecule has 1 amide bonds. The van der Waals surface area contributed by atoms with Gasteiger partial charge in [0.15, 0.2) is 0 Å². The molecule has 0 saturated heterocycles. The summed E-state index contributed by atoms with van der Waals surface area (Å²) in [5, 5.41) is 8.40. The Kier molecular flexibility index (Phi) is 5.29. The highest BCUT2D eigenvalue weighted by atomic mass is 32.1. The van der Waals surface area contributed by atoms with Gasteiger partial charge in [0.05, 0.1) is 6.42 Å². The predicted octanol–water partition coefficient (Wildman–Crippen LogP) is 4.85. The summed E-state index contributed by atoms with van der Waals surface area (Å²) in [4.78, 5) is 13.4. The Morgan fingerprint density at radius 2 is 1.83 bits per heavy atom. The van der Waals surface area contributed by atoms with Crippen molar-refractivity contribution in [1.29, 1.82) is 0 Å². The molecule has 4 heteroatoms. The molecule has 0 saturated carbocycles. The Morgan fingerprint density at radius 3 is 2.54 bits per heavy atom. The third-order valence-electron chi connectivity index (χ3n) is 3.67. The standard InChI is InChI=1S/C20H20N2OS/c1-15-4-2-5-18(12-15)22-20(23)13-16-7-9-17(10-8-16)21-14-19-6-3-11-24-19/h2-12,21H,13-14H2,1H3,(H,22,23). The number of thiophene rings is 1. The number of carbonyl (C=O) groups excluding carboxylic acids is 1. The lowest BCUT2D eigenvalue weighted by molar-refractivity contribution is -0.115. The molecule has 3 aromatic rings. The molecule has 0 unspecified atom stereocenters. The number of anilines is 2. The van der Waals surface area contributed by atoms with Crippen LogP contribution in [0.2, 0.25) is 0 Å². The number of aryl methyl sites for hydroxylation is 1. The van der Waals surface area contributed by atoms with Crippen LogP contribution in [0.25, 0.3) is 0 Å². The minimum absolute atomic E-state index is 0.0000975. The third-order valence-corrected chi connectivity index (χ3v) is 4.54. The van der Waals surface area contributed by atoms with Gasteiger partial charge < -0.3 is 10.6 Å². The summed E-state index contributed by atoms with van der Waals surface area (Å²) in [5.41, 5.74) is 4.04. The van der Waals surface area contributed by atoms with Gasteiger partial charge in [-0.1, -0.05) is 30.3 Å². The number of hydrogen-bond donors (Lipinski definition) is 2. The van der Waals surface area contributed by atoms with E-state index in [4.69, 9.17) is 0 Å². The van der Waals surface area contributed by atoms with E-state index < -0.39 is 0 Å². The van der Waals surface area contributed by atoms with E-state index in [1.165, 1.54) is 4.88 Å². The molecule has 0 fully saturated rings. The SMILES string of the molecule is Cc1cccc(NC(=O)Cc2ccc(NCc3cccs3)cc2)c1. The number of carbonyl (C=O) groups is 1. The molecule has 0 radical (unpaired) electrons. The molecule has 3 nitrogen and oxygen atoms in total. The molecule has 0 aliphatic heterocycles. The zero-order valence-corrected chi connectivity index (χ0v) is 14.4. The molecular formula is C20H20N2OS. The summed E-state index contributed by atoms with van der Waals surface area (Å²) >= 11 is 1.74. The van der Waals surface area contributed by atoms with Gasteiger partial charge in [-0.3, -0.25) is 4.79 Å². The number of nitrogens with one attached hydrogen (secondary N) is 2. The molecule has 1 heterocycles. The maximum absolute atomic E-state index is 12.1. The van der Waals surface area contributed by atoms with E-state index in [1.807, 2.05) is 55.5 Å². The van der Waals surface area contributed by atoms with Gasteiger partial charge in [-0.15, -0.1) is 11.3 Å². The van der Waals surface area contributed by atoms with Crippen molar-refractivity contribution >= 4 is 28.6 Å². The number of rotatable bonds is 6. The van der Waals surface area contributed by atoms with Gasteiger partial charge in [0.25, 0.3) is 0 Å². The monoisotopic (exact) mass is 336 g/mol. The van der Waals surface area contributed by atoms with Crippen LogP contribution in [0.5, 0.6) is 0 Å². The van der Waals surface area contributed by atoms with E-state index >= 15 is 0 Å². The van der Waals surface area contributed by atoms with Gasteiger partial charge in [-0.05, 0) is 53.8 Å². The fourth-order valence-electron chi connectivity index (χ4n) is 2.46. The van der Waals surface area contributed by atoms with Crippen molar-refractivity contribution in [2.75, 3.05) is 10.6 Å². The predicted molar refractivity (Wildman–Crippen MR) is 102 cm³/mol. The number of benzene rings is 2. The smallest absolute Gasteiger partial charge is 0.228 e. The summed E-state index contributed by atoms with van der Waals surface area (Å²) in [6.07, 6.45) is 0.374. The van der Waals surface area contributed by atoms with Crippen LogP contribution < -0.4 is 10.6 Å². The summed E-state index contributed by atoms with van der Waals surface area (Å²) < 4.78 is 0. The second-order valence-electron chi connectivity index (χ2n) is 5.72. The van der Waals surface area contributed by atoms with Crippen molar-refractivity contribution in [1.82, 2.24) is 0 Å². The van der Waals surface area contributed by atoms with Crippen LogP contribution in [-0.2, 0) is 17.8 Å². The van der Waals surface area contributed by atoms with Gasteiger partial charge in [0.2, 0.25) is 5.91 Å². The fourth-order valence-corrected chi connectivity index (χ4v) is 3.10. The van der Waals surface area contributed by atoms with Gasteiger partial charge in [-0.25, -0.2) is 0 Å². The quantitative estimate of drug-likeness (QED) is 0.675. The highest BCUT2D eigenvalue weighted by Crippen LogP contribution is 2.15. The molecule has 0 spiro atoms. The highest BCUT2D eigenvalue weighted by molar-refractivity contribution is 7.09. The largest absolute Gasteiger partial charge is 0.380 e. The van der Waals surface area contributed by atoms with Crippen molar-refractivity contribution in [3.8, 4) is 0 Å². The van der Waals surface area contributed by atoms with Gasteiger partial charge in [-0.2, -0.15) is 0 Å². The summed E-state index contributed by atoms with van der Waals surface area (Å²) in [5.74, 6) is -0.0000975. The molecule has 0 aliphatic rings. The lowest BCUT2D eigenvalue weighted by Crippen LogP contribution is -2.14. The van der Waals surface area contributed by atoms with Gasteiger partial charge in [0, 0.05) is 22.8 Å². The van der Waals surface area contributed by atoms with Crippen LogP contribution in [-0.4, -0.2) is 5.91 Å². The molecule has 122 valence electrons. The Morgan fingerprint density at radius 1 is 1.00 bits per heavy atom. The van der Waals surface area contributed by atoms with E-state index in [1.54, 1.807) is 11.3 Å². The molecule has 0 atom stereocenters. The summed E-state index contributed by atoms with van der Waals surface area (Å²) in [7, 11) is 0. The van der Waals surface area contributed by atoms with Crippen molar-refractivity contribution in [2.24, 2.45) is 0 Å². The normalized spacial score (nSPS) is 10.4. The summed E-state index contributed by atoms with van der Waals surface area (Å²) in [6, 6.07) is 20.0. The molecule has 0 bridgehead atoms. The molecule has 24 heavy (non-hydrogen) atoms. The Balaban J connectivity index is 1.52. The Hall–Kier alpha value is -2.59. The van der Waals surface area contributed by atoms with Crippen molar-refractivity contribution in [3.63, 3.8) is 0 Å². The zero-order chi connectivity index (χ0) is 16.8. The second kappa shape index (κ2) is 7.79. The van der Waals surface area contributed by atoms with Crippen LogP contribution >= 0.6 is 11.3 Å². The molecule has 3 rings (SSSR count). The molecule has 1 aromatic heterocycles. The Labute approximate surface area is 146 Å². The second-order valence-corrected chi connectivity index (χ2v) is 6.76. The average molecular weight is 336 g/mol. The first-order chi connectivity index (χ1) is 11.7. The van der Waals surface area contributed by atoms with E-state index in [2.05, 4.69) is 28.1 Å². The van der Waals surface area contributed by atoms with E-state index in [9.17, 15) is 4.79 Å². The van der Waals surface area contributed by atoms with Crippen LogP contribution in [0.4, 0.5) is 11.4 Å². The van der Waals surface area contributed by atoms with E-state index in [0.717, 1.165) is 29.0 Å². The van der Waals surface area contributed by atoms with Gasteiger partial charge in [0.1, 0.15) is 0 Å². The fraction of sp³-hybridized carbons (Fsp3) is 0.150. The molecule has 2 aromatic carbocycles. The topological polar surface area (TPSA) is 41.1 Å². The van der Waals surface area contributed by atoms with Crippen molar-refractivity contribution in [3.05, 3.63) is 82.0 Å². The molecule has 2 N–H and O–H groups in total. The number of amides is 1.